The SMILES string of the molecule is CC(=O)NC1CCN(Cc2ccc(C(=O)OC(C)(C)C)s2)CC1. The number of thiophene rings is 1. The number of hydrogen-bond donors (Lipinski definition) is 1. The molecular formula is C17H26N2O3S. The predicted molar refractivity (Wildman–Crippen MR) is 91.6 cm³/mol. The Bertz CT molecular complexity index is 554. The molecule has 0 bridgehead atoms. The molecule has 0 aromatic carbocycles. The van der Waals surface area contributed by atoms with Crippen LogP contribution in [0.25, 0.3) is 0 Å². The Balaban J connectivity index is 1.83. The number of esters is 1. The summed E-state index contributed by atoms with van der Waals surface area (Å²) in [6, 6.07) is 4.14. The summed E-state index contributed by atoms with van der Waals surface area (Å²) in [4.78, 5) is 27.3. The Morgan fingerprint density at radius 1 is 1.30 bits per heavy atom. The highest BCUT2D eigenvalue weighted by atomic mass is 32.1. The van der Waals surface area contributed by atoms with Crippen LogP contribution in [0.2, 0.25) is 0 Å². The van der Waals surface area contributed by atoms with Crippen LogP contribution in [0.3, 0.4) is 0 Å². The minimum absolute atomic E-state index is 0.0451. The largest absolute Gasteiger partial charge is 0.456 e. The molecule has 1 aromatic heterocycles. The van der Waals surface area contributed by atoms with Crippen molar-refractivity contribution in [3.8, 4) is 0 Å². The monoisotopic (exact) mass is 338 g/mol. The van der Waals surface area contributed by atoms with Gasteiger partial charge in [-0.1, -0.05) is 0 Å². The second-order valence-electron chi connectivity index (χ2n) is 7.02. The molecule has 1 aromatic rings. The average molecular weight is 338 g/mol. The van der Waals surface area contributed by atoms with E-state index in [1.54, 1.807) is 6.92 Å². The molecule has 0 unspecified atom stereocenters. The number of nitrogens with one attached hydrogen (secondary N) is 1. The number of carbonyl (C=O) groups excluding carboxylic acids is 2. The van der Waals surface area contributed by atoms with Gasteiger partial charge >= 0.3 is 5.97 Å². The number of carbonyl (C=O) groups is 2. The fraction of sp³-hybridized carbons (Fsp3) is 0.647. The zero-order chi connectivity index (χ0) is 17.0. The molecule has 5 nitrogen and oxygen atoms in total. The van der Waals surface area contributed by atoms with Crippen molar-refractivity contribution in [3.05, 3.63) is 21.9 Å². The maximum atomic E-state index is 12.0. The summed E-state index contributed by atoms with van der Waals surface area (Å²) in [7, 11) is 0. The lowest BCUT2D eigenvalue weighted by Crippen LogP contribution is -2.43. The lowest BCUT2D eigenvalue weighted by atomic mass is 10.1. The Morgan fingerprint density at radius 2 is 1.96 bits per heavy atom. The average Bonchev–Trinajstić information content (AvgIpc) is 2.87. The third-order valence-corrected chi connectivity index (χ3v) is 4.69. The summed E-state index contributed by atoms with van der Waals surface area (Å²) in [5.74, 6) is -0.207. The first-order chi connectivity index (χ1) is 10.7. The predicted octanol–water partition coefficient (Wildman–Crippen LogP) is 2.80. The molecule has 1 N–H and O–H groups in total. The van der Waals surface area contributed by atoms with Gasteiger partial charge in [0, 0.05) is 37.5 Å². The highest BCUT2D eigenvalue weighted by Crippen LogP contribution is 2.23. The van der Waals surface area contributed by atoms with Gasteiger partial charge in [-0.15, -0.1) is 11.3 Å². The van der Waals surface area contributed by atoms with Gasteiger partial charge in [-0.25, -0.2) is 4.79 Å². The van der Waals surface area contributed by atoms with Crippen molar-refractivity contribution in [1.29, 1.82) is 0 Å². The summed E-state index contributed by atoms with van der Waals surface area (Å²) in [6.45, 7) is 9.96. The van der Waals surface area contributed by atoms with E-state index >= 15 is 0 Å². The molecule has 0 radical (unpaired) electrons. The van der Waals surface area contributed by atoms with Crippen molar-refractivity contribution >= 4 is 23.2 Å². The van der Waals surface area contributed by atoms with Crippen LogP contribution < -0.4 is 5.32 Å². The van der Waals surface area contributed by atoms with E-state index in [9.17, 15) is 9.59 Å². The van der Waals surface area contributed by atoms with Crippen molar-refractivity contribution in [3.63, 3.8) is 0 Å². The fourth-order valence-electron chi connectivity index (χ4n) is 2.64. The quantitative estimate of drug-likeness (QED) is 0.858. The minimum Gasteiger partial charge on any atom is -0.456 e. The summed E-state index contributed by atoms with van der Waals surface area (Å²) in [5, 5.41) is 2.98. The first-order valence-corrected chi connectivity index (χ1v) is 8.86. The van der Waals surface area contributed by atoms with Crippen molar-refractivity contribution in [2.24, 2.45) is 0 Å². The van der Waals surface area contributed by atoms with E-state index in [0.29, 0.717) is 10.9 Å². The number of amides is 1. The maximum Gasteiger partial charge on any atom is 0.348 e. The van der Waals surface area contributed by atoms with Gasteiger partial charge in [-0.05, 0) is 45.7 Å². The second kappa shape index (κ2) is 7.45. The zero-order valence-electron chi connectivity index (χ0n) is 14.3. The van der Waals surface area contributed by atoms with Gasteiger partial charge in [-0.2, -0.15) is 0 Å². The van der Waals surface area contributed by atoms with Crippen LogP contribution in [-0.4, -0.2) is 41.5 Å². The summed E-state index contributed by atoms with van der Waals surface area (Å²) in [6.07, 6.45) is 1.95. The third kappa shape index (κ3) is 5.95. The van der Waals surface area contributed by atoms with Gasteiger partial charge < -0.3 is 10.1 Å². The minimum atomic E-state index is -0.465. The van der Waals surface area contributed by atoms with Crippen LogP contribution in [0.15, 0.2) is 12.1 Å². The van der Waals surface area contributed by atoms with E-state index in [4.69, 9.17) is 4.74 Å². The molecule has 0 spiro atoms. The lowest BCUT2D eigenvalue weighted by molar-refractivity contribution is -0.120. The lowest BCUT2D eigenvalue weighted by Gasteiger charge is -2.31. The van der Waals surface area contributed by atoms with Gasteiger partial charge in [0.2, 0.25) is 5.91 Å². The van der Waals surface area contributed by atoms with Crippen LogP contribution in [0.1, 0.15) is 55.1 Å². The molecule has 0 aliphatic carbocycles. The number of ether oxygens (including phenoxy) is 1. The number of likely N-dealkylation sites (tertiary alicyclic amines) is 1. The molecule has 2 rings (SSSR count). The maximum absolute atomic E-state index is 12.0. The van der Waals surface area contributed by atoms with Gasteiger partial charge in [0.25, 0.3) is 0 Å². The normalized spacial score (nSPS) is 17.0. The summed E-state index contributed by atoms with van der Waals surface area (Å²) in [5.41, 5.74) is -0.465. The molecular weight excluding hydrogens is 312 g/mol. The molecule has 0 saturated carbocycles. The molecule has 1 aliphatic heterocycles. The van der Waals surface area contributed by atoms with E-state index in [-0.39, 0.29) is 11.9 Å². The molecule has 23 heavy (non-hydrogen) atoms. The van der Waals surface area contributed by atoms with Crippen LogP contribution in [0, 0.1) is 0 Å². The second-order valence-corrected chi connectivity index (χ2v) is 8.19. The van der Waals surface area contributed by atoms with Gasteiger partial charge in [0.1, 0.15) is 10.5 Å². The summed E-state index contributed by atoms with van der Waals surface area (Å²) >= 11 is 1.50. The Hall–Kier alpha value is -1.40. The van der Waals surface area contributed by atoms with Crippen molar-refractivity contribution in [2.75, 3.05) is 13.1 Å². The standard InChI is InChI=1S/C17H26N2O3S/c1-12(20)18-13-7-9-19(10-8-13)11-14-5-6-15(23-14)16(21)22-17(2,3)4/h5-6,13H,7-11H2,1-4H3,(H,18,20). The topological polar surface area (TPSA) is 58.6 Å². The number of piperidine rings is 1. The smallest absolute Gasteiger partial charge is 0.348 e. The van der Waals surface area contributed by atoms with E-state index in [1.165, 1.54) is 16.2 Å². The molecule has 1 aliphatic rings. The number of nitrogens with zero attached hydrogens (tertiary/aromatic N) is 1. The highest BCUT2D eigenvalue weighted by molar-refractivity contribution is 7.13. The Kier molecular flexibility index (Phi) is 5.81. The molecule has 1 saturated heterocycles. The number of rotatable bonds is 4. The zero-order valence-corrected chi connectivity index (χ0v) is 15.2. The van der Waals surface area contributed by atoms with Gasteiger partial charge in [0.15, 0.2) is 0 Å². The Morgan fingerprint density at radius 3 is 2.52 bits per heavy atom. The fourth-order valence-corrected chi connectivity index (χ4v) is 3.57. The van der Waals surface area contributed by atoms with E-state index in [0.717, 1.165) is 32.5 Å². The molecule has 1 fully saturated rings. The van der Waals surface area contributed by atoms with Gasteiger partial charge in [0.05, 0.1) is 0 Å². The van der Waals surface area contributed by atoms with Gasteiger partial charge in [-0.3, -0.25) is 9.69 Å². The van der Waals surface area contributed by atoms with Crippen LogP contribution in [0.5, 0.6) is 0 Å². The first-order valence-electron chi connectivity index (χ1n) is 8.04. The molecule has 0 atom stereocenters. The first kappa shape index (κ1) is 17.9. The molecule has 2 heterocycles. The van der Waals surface area contributed by atoms with Crippen LogP contribution >= 0.6 is 11.3 Å². The van der Waals surface area contributed by atoms with E-state index in [1.807, 2.05) is 32.9 Å². The third-order valence-electron chi connectivity index (χ3n) is 3.64. The highest BCUT2D eigenvalue weighted by Gasteiger charge is 2.22. The Labute approximate surface area is 142 Å². The molecule has 1 amide bonds. The number of hydrogen-bond acceptors (Lipinski definition) is 5. The van der Waals surface area contributed by atoms with Crippen LogP contribution in [0.4, 0.5) is 0 Å². The van der Waals surface area contributed by atoms with Crippen LogP contribution in [-0.2, 0) is 16.1 Å². The van der Waals surface area contributed by atoms with Crippen molar-refractivity contribution < 1.29 is 14.3 Å². The molecule has 128 valence electrons. The van der Waals surface area contributed by atoms with Crippen molar-refractivity contribution in [2.45, 2.75) is 58.7 Å². The molecule has 6 heteroatoms. The van der Waals surface area contributed by atoms with E-state index < -0.39 is 5.60 Å². The van der Waals surface area contributed by atoms with E-state index in [2.05, 4.69) is 10.2 Å². The van der Waals surface area contributed by atoms with Crippen molar-refractivity contribution in [1.82, 2.24) is 10.2 Å². The summed E-state index contributed by atoms with van der Waals surface area (Å²) < 4.78 is 5.40.